The van der Waals surface area contributed by atoms with Gasteiger partial charge in [0.05, 0.1) is 6.42 Å². The fourth-order valence-corrected chi connectivity index (χ4v) is 5.12. The number of pyridine rings is 2. The molecule has 0 aliphatic carbocycles. The van der Waals surface area contributed by atoms with Gasteiger partial charge < -0.3 is 19.9 Å². The lowest BCUT2D eigenvalue weighted by molar-refractivity contribution is -0.147. The molecular formula is C20H25N3O6S4. The van der Waals surface area contributed by atoms with Crippen LogP contribution in [0.4, 0.5) is 4.79 Å². The number of nitrogens with two attached hydrogens (primary N) is 1. The Kier molecular flexibility index (Phi) is 17.0. The lowest BCUT2D eigenvalue weighted by Crippen LogP contribution is -2.14. The van der Waals surface area contributed by atoms with E-state index in [9.17, 15) is 14.4 Å². The highest BCUT2D eigenvalue weighted by molar-refractivity contribution is 8.77. The highest BCUT2D eigenvalue weighted by atomic mass is 33.1. The van der Waals surface area contributed by atoms with Crippen molar-refractivity contribution in [2.45, 2.75) is 23.4 Å². The molecule has 13 heteroatoms. The molecule has 2 rings (SSSR count). The Morgan fingerprint density at radius 1 is 0.818 bits per heavy atom. The van der Waals surface area contributed by atoms with E-state index in [0.717, 1.165) is 10.1 Å². The van der Waals surface area contributed by atoms with Crippen LogP contribution in [0.2, 0.25) is 0 Å². The van der Waals surface area contributed by atoms with Gasteiger partial charge in [-0.15, -0.1) is 0 Å². The Bertz CT molecular complexity index is 818. The van der Waals surface area contributed by atoms with E-state index in [1.165, 1.54) is 17.7 Å². The van der Waals surface area contributed by atoms with E-state index in [1.54, 1.807) is 44.8 Å². The molecule has 0 spiro atoms. The summed E-state index contributed by atoms with van der Waals surface area (Å²) in [6, 6.07) is 11.4. The third-order valence-electron chi connectivity index (χ3n) is 3.02. The first-order valence-electron chi connectivity index (χ1n) is 9.59. The van der Waals surface area contributed by atoms with Crippen molar-refractivity contribution in [1.82, 2.24) is 9.97 Å². The molecule has 0 bridgehead atoms. The molecule has 0 aromatic carbocycles. The zero-order valence-corrected chi connectivity index (χ0v) is 21.2. The van der Waals surface area contributed by atoms with Crippen LogP contribution >= 0.6 is 43.2 Å². The fraction of sp³-hybridized carbons (Fsp3) is 0.350. The number of amides is 1. The summed E-state index contributed by atoms with van der Waals surface area (Å²) >= 11 is 0. The Labute approximate surface area is 208 Å². The molecule has 2 heterocycles. The fourth-order valence-electron chi connectivity index (χ4n) is 1.71. The van der Waals surface area contributed by atoms with Crippen LogP contribution in [0, 0.1) is 0 Å². The molecule has 0 saturated carbocycles. The van der Waals surface area contributed by atoms with Gasteiger partial charge in [-0.3, -0.25) is 9.59 Å². The Balaban J connectivity index is 0.000000346. The van der Waals surface area contributed by atoms with E-state index in [4.69, 9.17) is 10.5 Å². The van der Waals surface area contributed by atoms with Crippen molar-refractivity contribution in [3.63, 3.8) is 0 Å². The molecule has 0 atom stereocenters. The minimum atomic E-state index is -0.728. The first-order chi connectivity index (χ1) is 16.0. The summed E-state index contributed by atoms with van der Waals surface area (Å²) in [7, 11) is 6.22. The van der Waals surface area contributed by atoms with E-state index >= 15 is 0 Å². The quantitative estimate of drug-likeness (QED) is 0.172. The van der Waals surface area contributed by atoms with E-state index in [0.29, 0.717) is 24.7 Å². The summed E-state index contributed by atoms with van der Waals surface area (Å²) in [4.78, 5) is 40.2. The van der Waals surface area contributed by atoms with Gasteiger partial charge in [0.2, 0.25) is 0 Å². The predicted octanol–water partition coefficient (Wildman–Crippen LogP) is 4.24. The van der Waals surface area contributed by atoms with Crippen LogP contribution in [0.3, 0.4) is 0 Å². The normalized spacial score (nSPS) is 9.85. The van der Waals surface area contributed by atoms with Gasteiger partial charge in [0.25, 0.3) is 0 Å². The molecule has 0 unspecified atom stereocenters. The molecule has 0 radical (unpaired) electrons. The summed E-state index contributed by atoms with van der Waals surface area (Å²) < 4.78 is 14.2. The Morgan fingerprint density at radius 2 is 1.36 bits per heavy atom. The van der Waals surface area contributed by atoms with Crippen molar-refractivity contribution in [2.24, 2.45) is 5.73 Å². The predicted molar refractivity (Wildman–Crippen MR) is 133 cm³/mol. The third-order valence-corrected chi connectivity index (χ3v) is 7.47. The highest BCUT2D eigenvalue weighted by Gasteiger charge is 2.04. The van der Waals surface area contributed by atoms with Crippen LogP contribution in [-0.2, 0) is 23.8 Å². The second-order valence-electron chi connectivity index (χ2n) is 5.62. The minimum absolute atomic E-state index is 0.0734. The van der Waals surface area contributed by atoms with Crippen molar-refractivity contribution < 1.29 is 28.6 Å². The van der Waals surface area contributed by atoms with Gasteiger partial charge in [-0.05, 0) is 45.9 Å². The van der Waals surface area contributed by atoms with Crippen LogP contribution in [0.5, 0.6) is 0 Å². The summed E-state index contributed by atoms with van der Waals surface area (Å²) in [5, 5.41) is 1.87. The molecule has 180 valence electrons. The molecule has 0 saturated heterocycles. The first-order valence-corrected chi connectivity index (χ1v) is 14.2. The number of primary amides is 1. The van der Waals surface area contributed by atoms with Gasteiger partial charge >= 0.3 is 18.0 Å². The molecule has 2 aromatic rings. The molecule has 0 aliphatic rings. The van der Waals surface area contributed by atoms with Crippen LogP contribution in [0.25, 0.3) is 0 Å². The summed E-state index contributed by atoms with van der Waals surface area (Å²) in [6.07, 6.45) is 2.84. The molecule has 2 aromatic heterocycles. The van der Waals surface area contributed by atoms with Crippen molar-refractivity contribution in [2.75, 3.05) is 31.3 Å². The zero-order chi connectivity index (χ0) is 24.2. The maximum absolute atomic E-state index is 11.2. The molecule has 9 nitrogen and oxygen atoms in total. The highest BCUT2D eigenvalue weighted by Crippen LogP contribution is 2.29. The second kappa shape index (κ2) is 19.4. The van der Waals surface area contributed by atoms with Crippen molar-refractivity contribution in [3.8, 4) is 0 Å². The lowest BCUT2D eigenvalue weighted by Gasteiger charge is -2.04. The van der Waals surface area contributed by atoms with Gasteiger partial charge in [-0.25, -0.2) is 14.8 Å². The lowest BCUT2D eigenvalue weighted by atomic mass is 10.5. The van der Waals surface area contributed by atoms with Crippen LogP contribution in [0.15, 0.2) is 58.8 Å². The number of ether oxygens (including phenoxy) is 3. The number of nitrogens with zero attached hydrogens (tertiary/aromatic N) is 2. The monoisotopic (exact) mass is 531 g/mol. The average Bonchev–Trinajstić information content (AvgIpc) is 2.80. The number of carbonyl (C=O) groups excluding carboxylic acids is 3. The number of carbonyl (C=O) groups is 3. The number of aromatic nitrogens is 2. The number of hydrogen-bond acceptors (Lipinski definition) is 12. The number of rotatable bonds is 13. The van der Waals surface area contributed by atoms with Gasteiger partial charge in [0.15, 0.2) is 0 Å². The van der Waals surface area contributed by atoms with E-state index in [1.807, 2.05) is 36.4 Å². The summed E-state index contributed by atoms with van der Waals surface area (Å²) in [5.74, 6) is 0.630. The van der Waals surface area contributed by atoms with Crippen LogP contribution < -0.4 is 5.73 Å². The van der Waals surface area contributed by atoms with Gasteiger partial charge in [-0.2, -0.15) is 0 Å². The number of hydrogen-bond donors (Lipinski definition) is 1. The summed E-state index contributed by atoms with van der Waals surface area (Å²) in [5.41, 5.74) is 4.80. The number of esters is 2. The van der Waals surface area contributed by atoms with Crippen LogP contribution in [-0.4, -0.2) is 59.3 Å². The van der Waals surface area contributed by atoms with E-state index in [2.05, 4.69) is 19.4 Å². The Morgan fingerprint density at radius 3 is 1.82 bits per heavy atom. The maximum Gasteiger partial charge on any atom is 0.404 e. The zero-order valence-electron chi connectivity index (χ0n) is 17.9. The molecular weight excluding hydrogens is 507 g/mol. The van der Waals surface area contributed by atoms with E-state index < -0.39 is 12.1 Å². The standard InChI is InChI=1S/C12H15NO4S2.C8H10N2O2S2/c1-10(14)16-7-5-12(15)17-8-9-18-19-11-4-2-3-6-13-11;9-8(11)12-5-6-13-14-7-3-1-2-4-10-7/h2-4,6H,5,7-9H2,1H3;1-4H,5-6H2,(H2,9,11). The molecule has 33 heavy (non-hydrogen) atoms. The smallest absolute Gasteiger partial charge is 0.404 e. The SMILES string of the molecule is CC(=O)OCCC(=O)OCCSSc1ccccn1.NC(=O)OCCSSc1ccccn1. The van der Waals surface area contributed by atoms with Gasteiger partial charge in [0.1, 0.15) is 29.9 Å². The summed E-state index contributed by atoms with van der Waals surface area (Å²) in [6.45, 7) is 2.05. The Hall–Kier alpha value is -2.09. The van der Waals surface area contributed by atoms with Crippen LogP contribution in [0.1, 0.15) is 13.3 Å². The van der Waals surface area contributed by atoms with Crippen molar-refractivity contribution >= 4 is 61.2 Å². The largest absolute Gasteiger partial charge is 0.465 e. The second-order valence-corrected chi connectivity index (χ2v) is 10.5. The van der Waals surface area contributed by atoms with Gasteiger partial charge in [0, 0.05) is 30.8 Å². The minimum Gasteiger partial charge on any atom is -0.465 e. The molecule has 0 aliphatic heterocycles. The average molecular weight is 532 g/mol. The maximum atomic E-state index is 11.2. The molecule has 2 N–H and O–H groups in total. The molecule has 1 amide bonds. The topological polar surface area (TPSA) is 131 Å². The third kappa shape index (κ3) is 18.1. The van der Waals surface area contributed by atoms with Gasteiger partial charge in [-0.1, -0.05) is 33.7 Å². The first kappa shape index (κ1) is 28.9. The van der Waals surface area contributed by atoms with E-state index in [-0.39, 0.29) is 19.0 Å². The van der Waals surface area contributed by atoms with Crippen molar-refractivity contribution in [3.05, 3.63) is 48.8 Å². The van der Waals surface area contributed by atoms with Crippen molar-refractivity contribution in [1.29, 1.82) is 0 Å². The molecule has 0 fully saturated rings.